The van der Waals surface area contributed by atoms with Crippen molar-refractivity contribution in [2.24, 2.45) is 18.9 Å². The lowest BCUT2D eigenvalue weighted by Gasteiger charge is -2.12. The number of nitrogens with zero attached hydrogens (tertiary/aromatic N) is 2. The van der Waals surface area contributed by atoms with Gasteiger partial charge in [0.2, 0.25) is 0 Å². The molecule has 25 heavy (non-hydrogen) atoms. The van der Waals surface area contributed by atoms with Crippen LogP contribution in [-0.4, -0.2) is 53.6 Å². The molecular weight excluding hydrogens is 368 g/mol. The number of carbonyl (C=O) groups excluding carboxylic acids is 1. The molecule has 0 aliphatic carbocycles. The van der Waals surface area contributed by atoms with E-state index in [0.29, 0.717) is 23.3 Å². The number of imidazole rings is 1. The van der Waals surface area contributed by atoms with Crippen molar-refractivity contribution in [3.63, 3.8) is 0 Å². The number of carboxylic acids is 1. The highest BCUT2D eigenvalue weighted by molar-refractivity contribution is 8.71. The van der Waals surface area contributed by atoms with Crippen LogP contribution in [0.25, 0.3) is 0 Å². The van der Waals surface area contributed by atoms with Crippen LogP contribution in [0.15, 0.2) is 12.5 Å². The number of carbonyl (C=O) groups is 2. The lowest BCUT2D eigenvalue weighted by Crippen LogP contribution is -2.18. The van der Waals surface area contributed by atoms with Crippen molar-refractivity contribution < 1.29 is 27.9 Å². The van der Waals surface area contributed by atoms with E-state index in [0.717, 1.165) is 24.8 Å². The van der Waals surface area contributed by atoms with Crippen LogP contribution in [0, 0.1) is 11.8 Å². The number of hydrogen-bond acceptors (Lipinski definition) is 7. The van der Waals surface area contributed by atoms with Gasteiger partial charge in [0.25, 0.3) is 0 Å². The average Bonchev–Trinajstić information content (AvgIpc) is 3.05. The van der Waals surface area contributed by atoms with Gasteiger partial charge in [0.15, 0.2) is 8.87 Å². The molecule has 1 saturated heterocycles. The molecule has 0 saturated carbocycles. The highest BCUT2D eigenvalue weighted by Crippen LogP contribution is 2.27. The zero-order chi connectivity index (χ0) is 19.0. The number of aliphatic carboxylic acids is 1. The topological polar surface area (TPSA) is 116 Å². The molecule has 0 unspecified atom stereocenters. The van der Waals surface area contributed by atoms with Gasteiger partial charge in [0.05, 0.1) is 25.3 Å². The van der Waals surface area contributed by atoms with Crippen molar-refractivity contribution in [2.75, 3.05) is 18.6 Å². The molecule has 0 amide bonds. The minimum Gasteiger partial charge on any atom is -0.481 e. The molecule has 1 aliphatic heterocycles. The van der Waals surface area contributed by atoms with E-state index in [4.69, 9.17) is 9.84 Å². The van der Waals surface area contributed by atoms with Gasteiger partial charge in [-0.05, 0) is 23.6 Å². The van der Waals surface area contributed by atoms with Crippen LogP contribution in [0.1, 0.15) is 25.5 Å². The molecule has 0 bridgehead atoms. The molecule has 8 nitrogen and oxygen atoms in total. The lowest BCUT2D eigenvalue weighted by molar-refractivity contribution is -0.141. The van der Waals surface area contributed by atoms with E-state index < -0.39 is 14.8 Å². The predicted octanol–water partition coefficient (Wildman–Crippen LogP) is 1.32. The molecule has 2 heterocycles. The van der Waals surface area contributed by atoms with Gasteiger partial charge in [0, 0.05) is 36.9 Å². The molecule has 0 aromatic carbocycles. The zero-order valence-electron chi connectivity index (χ0n) is 14.5. The SMILES string of the molecule is CC[C@@H]1C(=O)OC[C@@H]1Cc1cncn1C.CS(=O)(=O)SCCC(=O)O. The number of carboxylic acid groups (broad SMARTS) is 1. The Labute approximate surface area is 151 Å². The number of ether oxygens (including phenoxy) is 1. The molecule has 1 aliphatic rings. The Morgan fingerprint density at radius 2 is 2.20 bits per heavy atom. The molecular formula is C15H24N2O6S2. The van der Waals surface area contributed by atoms with E-state index in [1.54, 1.807) is 6.33 Å². The first kappa shape index (κ1) is 21.5. The quantitative estimate of drug-likeness (QED) is 0.545. The number of esters is 1. The second kappa shape index (κ2) is 9.81. The first-order valence-electron chi connectivity index (χ1n) is 7.82. The first-order valence-corrected chi connectivity index (χ1v) is 11.2. The van der Waals surface area contributed by atoms with Gasteiger partial charge in [-0.2, -0.15) is 0 Å². The second-order valence-electron chi connectivity index (χ2n) is 5.77. The number of rotatable bonds is 7. The fourth-order valence-electron chi connectivity index (χ4n) is 2.44. The molecule has 1 aromatic rings. The fraction of sp³-hybridized carbons (Fsp3) is 0.667. The predicted molar refractivity (Wildman–Crippen MR) is 94.7 cm³/mol. The standard InChI is InChI=1S/C11H16N2O2.C4H8O4S2/c1-3-10-8(6-15-11(10)14)4-9-5-12-7-13(9)2;1-10(7,8)9-3-2-4(5)6/h5,7-8,10H,3-4,6H2,1-2H3;2-3H2,1H3,(H,5,6)/t8-,10-;/m0./s1. The molecule has 10 heteroatoms. The van der Waals surface area contributed by atoms with Crippen LogP contribution < -0.4 is 0 Å². The Hall–Kier alpha value is -1.55. The normalized spacial score (nSPS) is 19.9. The van der Waals surface area contributed by atoms with Gasteiger partial charge in [-0.1, -0.05) is 6.92 Å². The van der Waals surface area contributed by atoms with Crippen LogP contribution in [0.3, 0.4) is 0 Å². The van der Waals surface area contributed by atoms with E-state index in [-0.39, 0.29) is 24.1 Å². The maximum absolute atomic E-state index is 11.4. The average molecular weight is 392 g/mol. The summed E-state index contributed by atoms with van der Waals surface area (Å²) in [5.74, 6) is -0.507. The molecule has 0 spiro atoms. The minimum atomic E-state index is -3.07. The molecule has 142 valence electrons. The summed E-state index contributed by atoms with van der Waals surface area (Å²) < 4.78 is 27.9. The zero-order valence-corrected chi connectivity index (χ0v) is 16.2. The third-order valence-electron chi connectivity index (χ3n) is 3.75. The van der Waals surface area contributed by atoms with Gasteiger partial charge in [-0.3, -0.25) is 9.59 Å². The largest absolute Gasteiger partial charge is 0.481 e. The summed E-state index contributed by atoms with van der Waals surface area (Å²) >= 11 is 0. The van der Waals surface area contributed by atoms with Gasteiger partial charge < -0.3 is 14.4 Å². The Morgan fingerprint density at radius 1 is 1.52 bits per heavy atom. The van der Waals surface area contributed by atoms with E-state index in [9.17, 15) is 18.0 Å². The Kier molecular flexibility index (Phi) is 8.43. The summed E-state index contributed by atoms with van der Waals surface area (Å²) in [4.78, 5) is 25.3. The van der Waals surface area contributed by atoms with Crippen LogP contribution in [0.5, 0.6) is 0 Å². The molecule has 1 N–H and O–H groups in total. The number of aryl methyl sites for hydroxylation is 1. The van der Waals surface area contributed by atoms with E-state index >= 15 is 0 Å². The summed E-state index contributed by atoms with van der Waals surface area (Å²) in [6, 6.07) is 0. The van der Waals surface area contributed by atoms with Crippen LogP contribution in [0.2, 0.25) is 0 Å². The van der Waals surface area contributed by atoms with Crippen molar-refractivity contribution >= 4 is 31.6 Å². The summed E-state index contributed by atoms with van der Waals surface area (Å²) in [7, 11) is -0.440. The Bertz CT molecular complexity index is 686. The second-order valence-corrected chi connectivity index (χ2v) is 10.4. The third kappa shape index (κ3) is 7.91. The van der Waals surface area contributed by atoms with Crippen LogP contribution in [0.4, 0.5) is 0 Å². The van der Waals surface area contributed by atoms with Gasteiger partial charge in [0.1, 0.15) is 0 Å². The van der Waals surface area contributed by atoms with Crippen molar-refractivity contribution in [3.05, 3.63) is 18.2 Å². The van der Waals surface area contributed by atoms with Crippen molar-refractivity contribution in [2.45, 2.75) is 26.2 Å². The van der Waals surface area contributed by atoms with Crippen molar-refractivity contribution in [3.8, 4) is 0 Å². The monoisotopic (exact) mass is 392 g/mol. The fourth-order valence-corrected chi connectivity index (χ4v) is 4.16. The smallest absolute Gasteiger partial charge is 0.309 e. The minimum absolute atomic E-state index is 0.0373. The Morgan fingerprint density at radius 3 is 2.68 bits per heavy atom. The lowest BCUT2D eigenvalue weighted by atomic mass is 9.89. The van der Waals surface area contributed by atoms with Gasteiger partial charge >= 0.3 is 11.9 Å². The number of cyclic esters (lactones) is 1. The number of hydrogen-bond donors (Lipinski definition) is 1. The molecule has 2 rings (SSSR count). The van der Waals surface area contributed by atoms with E-state index in [1.807, 2.05) is 24.7 Å². The van der Waals surface area contributed by atoms with Crippen molar-refractivity contribution in [1.29, 1.82) is 0 Å². The summed E-state index contributed by atoms with van der Waals surface area (Å²) in [6.45, 7) is 2.59. The summed E-state index contributed by atoms with van der Waals surface area (Å²) in [5.41, 5.74) is 1.16. The maximum atomic E-state index is 11.4. The molecule has 1 aromatic heterocycles. The summed E-state index contributed by atoms with van der Waals surface area (Å²) in [6.07, 6.45) is 6.32. The molecule has 0 radical (unpaired) electrons. The maximum Gasteiger partial charge on any atom is 0.309 e. The first-order chi connectivity index (χ1) is 11.6. The number of aromatic nitrogens is 2. The summed E-state index contributed by atoms with van der Waals surface area (Å²) in [5, 5.41) is 8.10. The van der Waals surface area contributed by atoms with E-state index in [2.05, 4.69) is 4.98 Å². The van der Waals surface area contributed by atoms with Gasteiger partial charge in [-0.25, -0.2) is 13.4 Å². The van der Waals surface area contributed by atoms with Gasteiger partial charge in [-0.15, -0.1) is 0 Å². The highest BCUT2D eigenvalue weighted by Gasteiger charge is 2.35. The van der Waals surface area contributed by atoms with Crippen LogP contribution in [-0.2, 0) is 36.7 Å². The molecule has 2 atom stereocenters. The van der Waals surface area contributed by atoms with E-state index in [1.165, 1.54) is 0 Å². The van der Waals surface area contributed by atoms with Crippen molar-refractivity contribution in [1.82, 2.24) is 9.55 Å². The highest BCUT2D eigenvalue weighted by atomic mass is 33.1. The molecule has 1 fully saturated rings. The van der Waals surface area contributed by atoms with Crippen LogP contribution >= 0.6 is 10.8 Å². The third-order valence-corrected chi connectivity index (χ3v) is 6.34. The Balaban J connectivity index is 0.000000275.